The molecule has 2 aromatic carbocycles. The van der Waals surface area contributed by atoms with Gasteiger partial charge in [0.2, 0.25) is 0 Å². The third-order valence-electron chi connectivity index (χ3n) is 6.17. The fraction of sp³-hybridized carbons (Fsp3) is 0.348. The Bertz CT molecular complexity index is 1010. The molecule has 2 N–H and O–H groups in total. The Hall–Kier alpha value is -2.79. The molecule has 2 heterocycles. The van der Waals surface area contributed by atoms with Gasteiger partial charge >= 0.3 is 0 Å². The summed E-state index contributed by atoms with van der Waals surface area (Å²) in [6.45, 7) is 1.83. The van der Waals surface area contributed by atoms with E-state index in [-0.39, 0.29) is 11.9 Å². The molecule has 5 nitrogen and oxygen atoms in total. The summed E-state index contributed by atoms with van der Waals surface area (Å²) in [4.78, 5) is 14.7. The second kappa shape index (κ2) is 6.99. The predicted molar refractivity (Wildman–Crippen MR) is 107 cm³/mol. The minimum absolute atomic E-state index is 0.0430. The number of rotatable bonds is 4. The highest BCUT2D eigenvalue weighted by Crippen LogP contribution is 2.37. The first-order valence-corrected chi connectivity index (χ1v) is 9.92. The van der Waals surface area contributed by atoms with Gasteiger partial charge in [-0.1, -0.05) is 30.3 Å². The van der Waals surface area contributed by atoms with Crippen LogP contribution in [0.5, 0.6) is 5.75 Å². The zero-order chi connectivity index (χ0) is 19.1. The van der Waals surface area contributed by atoms with E-state index in [1.54, 1.807) is 6.07 Å². The Morgan fingerprint density at radius 2 is 1.93 bits per heavy atom. The van der Waals surface area contributed by atoms with Crippen LogP contribution in [0.25, 0.3) is 10.8 Å². The summed E-state index contributed by atoms with van der Waals surface area (Å²) in [5, 5.41) is 2.31. The Labute approximate surface area is 164 Å². The first kappa shape index (κ1) is 17.3. The van der Waals surface area contributed by atoms with Gasteiger partial charge in [-0.3, -0.25) is 4.79 Å². The lowest BCUT2D eigenvalue weighted by Crippen LogP contribution is -2.33. The van der Waals surface area contributed by atoms with E-state index < -0.39 is 0 Å². The van der Waals surface area contributed by atoms with Gasteiger partial charge in [-0.25, -0.2) is 0 Å². The summed E-state index contributed by atoms with van der Waals surface area (Å²) >= 11 is 0. The molecule has 1 saturated carbocycles. The number of furan rings is 1. The molecule has 1 aliphatic carbocycles. The number of amides is 1. The molecule has 1 saturated heterocycles. The summed E-state index contributed by atoms with van der Waals surface area (Å²) in [6, 6.07) is 17.9. The molecule has 0 radical (unpaired) electrons. The van der Waals surface area contributed by atoms with Crippen molar-refractivity contribution in [2.24, 2.45) is 17.6 Å². The second-order valence-corrected chi connectivity index (χ2v) is 7.94. The Morgan fingerprint density at radius 3 is 2.79 bits per heavy atom. The van der Waals surface area contributed by atoms with E-state index in [1.165, 1.54) is 5.39 Å². The van der Waals surface area contributed by atoms with Crippen molar-refractivity contribution >= 4 is 16.7 Å². The van der Waals surface area contributed by atoms with Crippen molar-refractivity contribution in [1.29, 1.82) is 0 Å². The lowest BCUT2D eigenvalue weighted by molar-refractivity contribution is 0.0743. The van der Waals surface area contributed by atoms with E-state index in [4.69, 9.17) is 14.9 Å². The van der Waals surface area contributed by atoms with Gasteiger partial charge in [0, 0.05) is 19.1 Å². The van der Waals surface area contributed by atoms with E-state index in [9.17, 15) is 4.79 Å². The molecule has 2 fully saturated rings. The van der Waals surface area contributed by atoms with Crippen LogP contribution in [0.4, 0.5) is 0 Å². The minimum Gasteiger partial charge on any atom is -0.486 e. The highest BCUT2D eigenvalue weighted by atomic mass is 16.5. The number of benzene rings is 2. The summed E-state index contributed by atoms with van der Waals surface area (Å²) in [6.07, 6.45) is 2.20. The Morgan fingerprint density at radius 1 is 1.07 bits per heavy atom. The smallest absolute Gasteiger partial charge is 0.289 e. The quantitative estimate of drug-likeness (QED) is 0.752. The van der Waals surface area contributed by atoms with Gasteiger partial charge in [0.1, 0.15) is 18.1 Å². The molecule has 0 spiro atoms. The van der Waals surface area contributed by atoms with Gasteiger partial charge in [0.25, 0.3) is 5.91 Å². The lowest BCUT2D eigenvalue weighted by atomic mass is 9.98. The first-order valence-electron chi connectivity index (χ1n) is 9.92. The molecule has 3 aromatic rings. The van der Waals surface area contributed by atoms with E-state index in [2.05, 4.69) is 12.1 Å². The zero-order valence-corrected chi connectivity index (χ0v) is 15.7. The summed E-state index contributed by atoms with van der Waals surface area (Å²) in [7, 11) is 0. The van der Waals surface area contributed by atoms with Crippen molar-refractivity contribution in [3.05, 3.63) is 66.1 Å². The van der Waals surface area contributed by atoms with Gasteiger partial charge in [-0.2, -0.15) is 0 Å². The van der Waals surface area contributed by atoms with Gasteiger partial charge in [-0.05, 0) is 59.7 Å². The van der Waals surface area contributed by atoms with Gasteiger partial charge in [0.15, 0.2) is 5.76 Å². The molecule has 1 amide bonds. The molecule has 2 aliphatic rings. The van der Waals surface area contributed by atoms with Crippen LogP contribution in [-0.2, 0) is 6.61 Å². The monoisotopic (exact) mass is 376 g/mol. The van der Waals surface area contributed by atoms with E-state index >= 15 is 0 Å². The van der Waals surface area contributed by atoms with Gasteiger partial charge in [-0.15, -0.1) is 0 Å². The highest BCUT2D eigenvalue weighted by molar-refractivity contribution is 5.91. The number of likely N-dealkylation sites (tertiary alicyclic amines) is 1. The van der Waals surface area contributed by atoms with Crippen molar-refractivity contribution in [2.75, 3.05) is 13.1 Å². The lowest BCUT2D eigenvalue weighted by Gasteiger charge is -2.17. The number of hydrogen-bond donors (Lipinski definition) is 1. The maximum Gasteiger partial charge on any atom is 0.289 e. The average molecular weight is 376 g/mol. The Kier molecular flexibility index (Phi) is 4.32. The van der Waals surface area contributed by atoms with Crippen LogP contribution in [0.3, 0.4) is 0 Å². The summed E-state index contributed by atoms with van der Waals surface area (Å²) in [5.74, 6) is 2.75. The Balaban J connectivity index is 1.23. The average Bonchev–Trinajstić information content (AvgIpc) is 3.43. The number of hydrogen-bond acceptors (Lipinski definition) is 4. The molecule has 0 bridgehead atoms. The van der Waals surface area contributed by atoms with Crippen LogP contribution in [0, 0.1) is 11.8 Å². The molecule has 1 aliphatic heterocycles. The fourth-order valence-corrected chi connectivity index (χ4v) is 4.61. The summed E-state index contributed by atoms with van der Waals surface area (Å²) in [5.41, 5.74) is 6.18. The van der Waals surface area contributed by atoms with E-state index in [0.717, 1.165) is 37.1 Å². The number of carbonyl (C=O) groups excluding carboxylic acids is 1. The van der Waals surface area contributed by atoms with E-state index in [1.807, 2.05) is 41.3 Å². The predicted octanol–water partition coefficient (Wildman–Crippen LogP) is 3.82. The topological polar surface area (TPSA) is 68.7 Å². The maximum absolute atomic E-state index is 12.8. The highest BCUT2D eigenvalue weighted by Gasteiger charge is 2.43. The minimum atomic E-state index is -0.0430. The van der Waals surface area contributed by atoms with Crippen LogP contribution in [0.1, 0.15) is 29.2 Å². The third kappa shape index (κ3) is 3.16. The fourth-order valence-electron chi connectivity index (χ4n) is 4.61. The standard InChI is InChI=1S/C23H24N2O3/c24-21-9-6-17-12-25(13-20(17)21)23(26)22-10-8-19(28-22)14-27-18-7-5-15-3-1-2-4-16(15)11-18/h1-5,7-8,10-11,17,20-21H,6,9,12-14,24H2. The SMILES string of the molecule is NC1CCC2CN(C(=O)c3ccc(COc4ccc5ccccc5c4)o3)CC12. The molecule has 1 aromatic heterocycles. The van der Waals surface area contributed by atoms with Crippen molar-refractivity contribution in [1.82, 2.24) is 4.90 Å². The number of ether oxygens (including phenoxy) is 1. The van der Waals surface area contributed by atoms with Crippen LogP contribution in [0.15, 0.2) is 59.0 Å². The first-order chi connectivity index (χ1) is 13.7. The molecule has 144 valence electrons. The molecule has 3 atom stereocenters. The number of nitrogens with two attached hydrogens (primary N) is 1. The zero-order valence-electron chi connectivity index (χ0n) is 15.7. The summed E-state index contributed by atoms with van der Waals surface area (Å²) < 4.78 is 11.6. The molecule has 5 heteroatoms. The second-order valence-electron chi connectivity index (χ2n) is 7.94. The third-order valence-corrected chi connectivity index (χ3v) is 6.17. The van der Waals surface area contributed by atoms with E-state index in [0.29, 0.717) is 30.0 Å². The van der Waals surface area contributed by atoms with Gasteiger partial charge < -0.3 is 19.8 Å². The molecule has 28 heavy (non-hydrogen) atoms. The maximum atomic E-state index is 12.8. The number of nitrogens with zero attached hydrogens (tertiary/aromatic N) is 1. The van der Waals surface area contributed by atoms with Crippen molar-refractivity contribution in [3.8, 4) is 5.75 Å². The van der Waals surface area contributed by atoms with Gasteiger partial charge in [0.05, 0.1) is 0 Å². The largest absolute Gasteiger partial charge is 0.486 e. The van der Waals surface area contributed by atoms with Crippen LogP contribution in [-0.4, -0.2) is 29.9 Å². The van der Waals surface area contributed by atoms with Crippen molar-refractivity contribution in [3.63, 3.8) is 0 Å². The molecule has 3 unspecified atom stereocenters. The van der Waals surface area contributed by atoms with Crippen LogP contribution >= 0.6 is 0 Å². The van der Waals surface area contributed by atoms with Crippen molar-refractivity contribution < 1.29 is 13.9 Å². The molecular formula is C23H24N2O3. The van der Waals surface area contributed by atoms with Crippen LogP contribution < -0.4 is 10.5 Å². The number of carbonyl (C=O) groups is 1. The van der Waals surface area contributed by atoms with Crippen molar-refractivity contribution in [2.45, 2.75) is 25.5 Å². The normalized spacial score (nSPS) is 23.9. The van der Waals surface area contributed by atoms with Crippen LogP contribution in [0.2, 0.25) is 0 Å². The molecule has 5 rings (SSSR count). The molecular weight excluding hydrogens is 352 g/mol. The number of fused-ring (bicyclic) bond motifs is 2.